The van der Waals surface area contributed by atoms with E-state index in [1.165, 1.54) is 79.1 Å². The zero-order chi connectivity index (χ0) is 96.1. The third kappa shape index (κ3) is 23.5. The Morgan fingerprint density at radius 1 is 0.462 bits per heavy atom. The Bertz CT molecular complexity index is 6410. The van der Waals surface area contributed by atoms with E-state index < -0.39 is 55.8 Å². The molecule has 0 bridgehead atoms. The van der Waals surface area contributed by atoms with Crippen molar-refractivity contribution in [3.05, 3.63) is 240 Å². The molecule has 6 aromatic heterocycles. The van der Waals surface area contributed by atoms with E-state index in [2.05, 4.69) is 77.3 Å². The van der Waals surface area contributed by atoms with Gasteiger partial charge in [-0.3, -0.25) is 9.59 Å². The summed E-state index contributed by atoms with van der Waals surface area (Å²) >= 11 is 2.14. The number of pyridine rings is 2. The number of ketones is 2. The number of aromatic carboxylic acids is 1. The topological polar surface area (TPSA) is 466 Å². The molecule has 2 aliphatic rings. The number of nitrogens with one attached hydrogen (secondary N) is 1. The number of ether oxygens (including phenoxy) is 9. The number of carboxylic acid groups (broad SMARTS) is 1. The van der Waals surface area contributed by atoms with E-state index in [0.29, 0.717) is 171 Å². The summed E-state index contributed by atoms with van der Waals surface area (Å²) in [6.45, 7) is 19.8. The molecule has 0 spiro atoms. The number of carbonyl (C=O) groups excluding carboxylic acids is 4. The molecule has 132 heavy (non-hydrogen) atoms. The van der Waals surface area contributed by atoms with E-state index in [-0.39, 0.29) is 73.7 Å². The summed E-state index contributed by atoms with van der Waals surface area (Å²) < 4.78 is 112. The zero-order valence-electron chi connectivity index (χ0n) is 75.4. The monoisotopic (exact) mass is 1940 g/mol. The van der Waals surface area contributed by atoms with Gasteiger partial charge in [0.05, 0.1) is 130 Å². The Balaban J connectivity index is 0.000000173. The van der Waals surface area contributed by atoms with Crippen LogP contribution in [0.15, 0.2) is 170 Å². The summed E-state index contributed by atoms with van der Waals surface area (Å²) in [5, 5.41) is 47.1. The van der Waals surface area contributed by atoms with Gasteiger partial charge in [-0.05, 0) is 251 Å². The van der Waals surface area contributed by atoms with Gasteiger partial charge < -0.3 is 81.8 Å². The number of hydrogen-bond donors (Lipinski definition) is 5. The Labute approximate surface area is 773 Å². The minimum atomic E-state index is -1.54. The number of nitrogens with zero attached hydrogens (tertiary/aromatic N) is 10. The third-order valence-electron chi connectivity index (χ3n) is 20.8. The molecule has 5 atom stereocenters. The quantitative estimate of drug-likeness (QED) is 0.0191. The number of aryl methyl sites for hydroxylation is 4. The maximum Gasteiger partial charge on any atom is 0.337 e. The normalized spacial score (nSPS) is 15.1. The fraction of sp³-hybridized carbons (Fsp3) is 0.309. The van der Waals surface area contributed by atoms with E-state index >= 15 is 0 Å². The molecular weight excluding hydrogens is 1850 g/mol. The van der Waals surface area contributed by atoms with Gasteiger partial charge in [-0.25, -0.2) is 42.1 Å². The van der Waals surface area contributed by atoms with Crippen LogP contribution in [0.4, 0.5) is 8.78 Å². The number of hydrogen-bond acceptors (Lipinski definition) is 32. The minimum Gasteiger partial charge on any atom is -0.496 e. The molecule has 0 saturated heterocycles. The second-order valence-corrected chi connectivity index (χ2v) is 35.2. The Morgan fingerprint density at radius 3 is 1.14 bits per heavy atom. The van der Waals surface area contributed by atoms with Crippen molar-refractivity contribution in [1.29, 1.82) is 0 Å². The molecule has 38 heteroatoms. The number of aliphatic hydroxyl groups is 2. The average Bonchev–Trinajstić information content (AvgIpc) is 1.57. The molecule has 2 aliphatic heterocycles. The maximum atomic E-state index is 13.8. The van der Waals surface area contributed by atoms with E-state index in [4.69, 9.17) is 72.1 Å². The molecule has 15 rings (SSSR count). The summed E-state index contributed by atoms with van der Waals surface area (Å²) in [6, 6.07) is 39.6. The predicted octanol–water partition coefficient (Wildman–Crippen LogP) is 16.2. The smallest absolute Gasteiger partial charge is 0.337 e. The molecule has 0 aliphatic carbocycles. The molecule has 0 saturated carbocycles. The van der Waals surface area contributed by atoms with Crippen LogP contribution in [0.5, 0.6) is 40.2 Å². The lowest BCUT2D eigenvalue weighted by Crippen LogP contribution is -2.47. The van der Waals surface area contributed by atoms with Crippen LogP contribution in [0.2, 0.25) is 0 Å². The van der Waals surface area contributed by atoms with Gasteiger partial charge in [0.25, 0.3) is 23.6 Å². The Morgan fingerprint density at radius 2 is 0.788 bits per heavy atom. The molecule has 692 valence electrons. The summed E-state index contributed by atoms with van der Waals surface area (Å²) in [7, 11) is 8.75. The second-order valence-electron chi connectivity index (χ2n) is 32.1. The van der Waals surface area contributed by atoms with Gasteiger partial charge >= 0.3 is 17.9 Å². The van der Waals surface area contributed by atoms with Crippen LogP contribution in [-0.4, -0.2) is 167 Å². The average molecular weight is 1940 g/mol. The van der Waals surface area contributed by atoms with Crippen molar-refractivity contribution in [2.24, 2.45) is 5.73 Å². The van der Waals surface area contributed by atoms with Gasteiger partial charge in [0.1, 0.15) is 76.2 Å². The van der Waals surface area contributed by atoms with Crippen LogP contribution in [-0.2, 0) is 42.7 Å². The number of aromatic nitrogens is 10. The lowest BCUT2D eigenvalue weighted by Gasteiger charge is -2.30. The number of rotatable bonds is 26. The molecular formula is C94H97F2IN12O22S. The van der Waals surface area contributed by atoms with Crippen molar-refractivity contribution in [3.63, 3.8) is 0 Å². The SMILES string of the molecule is COC(=O)c1ccc(-c2nc(C)no2)c(OC)c1.COC(=O)c1ccc(I)c(OC)c1.COc1cc(C(=O)CC[C@@](C)(O)c2cc3c(c(-c4ccc(F)cc4)n2)OC[C@@]3(C)N)ccc1-c1nc(C)no1.COc1cc(C(=O)CC[C@@](C)(O)c2cc3c(c(-c4ccc(F)cc4)n2)OC[C@@]3(C)NS(=O)C(C)(C)C)ccc1-c1nc(C)no1.COc1cc(C(=O)O)ccc1-c1nc(C)no1. The first-order valence-electron chi connectivity index (χ1n) is 40.6. The predicted molar refractivity (Wildman–Crippen MR) is 486 cm³/mol. The number of esters is 2. The van der Waals surface area contributed by atoms with Crippen molar-refractivity contribution in [2.75, 3.05) is 63.0 Å². The molecule has 0 amide bonds. The number of halogens is 3. The highest BCUT2D eigenvalue weighted by Gasteiger charge is 2.44. The largest absolute Gasteiger partial charge is 0.496 e. The van der Waals surface area contributed by atoms with Gasteiger partial charge in [0, 0.05) is 46.2 Å². The summed E-state index contributed by atoms with van der Waals surface area (Å²) in [5.74, 6) is 3.57. The van der Waals surface area contributed by atoms with Gasteiger partial charge in [-0.15, -0.1) is 0 Å². The molecule has 7 aromatic carbocycles. The van der Waals surface area contributed by atoms with Gasteiger partial charge in [-0.2, -0.15) is 19.9 Å². The maximum absolute atomic E-state index is 13.8. The van der Waals surface area contributed by atoms with Gasteiger partial charge in [0.2, 0.25) is 0 Å². The number of benzene rings is 7. The highest BCUT2D eigenvalue weighted by atomic mass is 127. The Kier molecular flexibility index (Phi) is 31.5. The molecule has 34 nitrogen and oxygen atoms in total. The number of methoxy groups -OCH3 is 7. The molecule has 1 unspecified atom stereocenters. The van der Waals surface area contributed by atoms with Crippen LogP contribution < -0.4 is 43.6 Å². The highest BCUT2D eigenvalue weighted by molar-refractivity contribution is 14.1. The number of carboxylic acids is 1. The highest BCUT2D eigenvalue weighted by Crippen LogP contribution is 2.48. The van der Waals surface area contributed by atoms with E-state index in [1.807, 2.05) is 40.7 Å². The fourth-order valence-corrected chi connectivity index (χ4v) is 14.8. The molecule has 0 radical (unpaired) electrons. The minimum absolute atomic E-state index is 0.000127. The zero-order valence-corrected chi connectivity index (χ0v) is 78.3. The molecule has 6 N–H and O–H groups in total. The summed E-state index contributed by atoms with van der Waals surface area (Å²) in [6.07, 6.45) is 0.179. The number of nitrogens with two attached hydrogens (primary N) is 1. The lowest BCUT2D eigenvalue weighted by molar-refractivity contribution is 0.0395. The van der Waals surface area contributed by atoms with Crippen molar-refractivity contribution in [2.45, 2.75) is 129 Å². The second kappa shape index (κ2) is 42.0. The van der Waals surface area contributed by atoms with Crippen LogP contribution in [0, 0.1) is 42.9 Å². The molecule has 0 fully saturated rings. The third-order valence-corrected chi connectivity index (χ3v) is 23.4. The standard InChI is InChI=1S/C33H37FN4O6S.C29H29FN4O5.C12H12N2O4.C11H10N2O4.C9H9IO3/c1-19-35-30(44-37-19)23-13-10-21(16-26(23)42-7)25(39)14-15-33(6,40)27-17-24-29(28(36-27)20-8-11-22(34)12-9-20)43-18-32(24,5)38-45(41)31(2,3)4;1-16-32-27(39-34-16)20-10-7-18(13-23(20)37-4)22(35)11-12-29(3,36)24-14-21-26(38-15-28(21,2)31)25(33-24)17-5-8-19(30)9-6-17;1-7-13-11(18-14-7)9-5-4-8(12(15)17-3)6-10(9)16-2;1-6-12-10(17-13-6)8-4-3-7(11(14)15)5-9(8)16-2;1-12-8-5-6(9(11)13-2)3-4-7(8)10/h8-13,16-17,38,40H,14-15,18H2,1-7H3;5-10,13-14,36H,11-12,15,31H2,1-4H3;4-6H,1-3H3;3-5H,1-2H3,(H,14,15);3-5H,1-2H3/t32-,33-,45?;28-,29-;;;/m11.../s1. The van der Waals surface area contributed by atoms with Crippen molar-refractivity contribution in [1.82, 2.24) is 55.3 Å². The van der Waals surface area contributed by atoms with Crippen LogP contribution in [0.25, 0.3) is 68.3 Å². The van der Waals surface area contributed by atoms with Crippen molar-refractivity contribution >= 4 is 63.1 Å². The van der Waals surface area contributed by atoms with Crippen molar-refractivity contribution < 1.29 is 113 Å². The summed E-state index contributed by atoms with van der Waals surface area (Å²) in [4.78, 5) is 85.9. The van der Waals surface area contributed by atoms with E-state index in [1.54, 1.807) is 158 Å². The van der Waals surface area contributed by atoms with Gasteiger partial charge in [-0.1, -0.05) is 32.8 Å². The lowest BCUT2D eigenvalue weighted by atomic mass is 9.88. The summed E-state index contributed by atoms with van der Waals surface area (Å²) in [5.41, 5.74) is 10.0. The van der Waals surface area contributed by atoms with Gasteiger partial charge in [0.15, 0.2) is 46.4 Å². The van der Waals surface area contributed by atoms with Crippen LogP contribution >= 0.6 is 22.6 Å². The first-order valence-corrected chi connectivity index (χ1v) is 42.9. The fourth-order valence-electron chi connectivity index (χ4n) is 13.4. The molecule has 13 aromatic rings. The number of carbonyl (C=O) groups is 5. The first-order chi connectivity index (χ1) is 62.5. The van der Waals surface area contributed by atoms with Crippen LogP contribution in [0.1, 0.15) is 172 Å². The number of fused-ring (bicyclic) bond motifs is 2. The first kappa shape index (κ1) is 98.9. The van der Waals surface area contributed by atoms with Crippen LogP contribution in [0.3, 0.4) is 0 Å². The van der Waals surface area contributed by atoms with Crippen molar-refractivity contribution in [3.8, 4) is 109 Å². The Hall–Kier alpha value is -13.7. The molecule has 8 heterocycles. The van der Waals surface area contributed by atoms with E-state index in [0.717, 1.165) is 3.57 Å². The number of Topliss-reactive ketones (excluding diaryl/α,β-unsaturated/α-hetero) is 2. The van der Waals surface area contributed by atoms with E-state index in [9.17, 15) is 47.2 Å².